The van der Waals surface area contributed by atoms with E-state index in [-0.39, 0.29) is 5.89 Å². The molecule has 0 aliphatic rings. The van der Waals surface area contributed by atoms with E-state index in [1.807, 2.05) is 13.0 Å². The average Bonchev–Trinajstić information content (AvgIpc) is 2.92. The number of nitrogen functional groups attached to an aromatic ring is 1. The van der Waals surface area contributed by atoms with Crippen molar-refractivity contribution < 1.29 is 4.52 Å². The van der Waals surface area contributed by atoms with Crippen molar-refractivity contribution in [3.63, 3.8) is 0 Å². The predicted octanol–water partition coefficient (Wildman–Crippen LogP) is 4.00. The molecule has 0 fully saturated rings. The molecular weight excluding hydrogens is 311 g/mol. The molecule has 2 N–H and O–H groups in total. The minimum Gasteiger partial charge on any atom is -0.397 e. The number of anilines is 1. The van der Waals surface area contributed by atoms with E-state index in [1.54, 1.807) is 24.5 Å². The van der Waals surface area contributed by atoms with E-state index in [1.165, 1.54) is 0 Å². The summed E-state index contributed by atoms with van der Waals surface area (Å²) in [6.45, 7) is 1.92. The van der Waals surface area contributed by atoms with Gasteiger partial charge in [0.1, 0.15) is 0 Å². The third-order valence-corrected chi connectivity index (χ3v) is 3.54. The number of pyridine rings is 1. The molecular formula is C14H10Cl2N4O. The summed E-state index contributed by atoms with van der Waals surface area (Å²) in [6, 6.07) is 5.02. The first kappa shape index (κ1) is 13.9. The summed E-state index contributed by atoms with van der Waals surface area (Å²) in [5.41, 5.74) is 8.58. The van der Waals surface area contributed by atoms with Gasteiger partial charge in [0.2, 0.25) is 5.82 Å². The van der Waals surface area contributed by atoms with Crippen LogP contribution in [-0.2, 0) is 0 Å². The molecule has 2 aromatic heterocycles. The van der Waals surface area contributed by atoms with Crippen LogP contribution in [0.1, 0.15) is 5.56 Å². The number of halogens is 2. The van der Waals surface area contributed by atoms with Crippen molar-refractivity contribution in [3.05, 3.63) is 46.2 Å². The Morgan fingerprint density at radius 2 is 2.00 bits per heavy atom. The summed E-state index contributed by atoms with van der Waals surface area (Å²) in [5.74, 6) is 0.725. The summed E-state index contributed by atoms with van der Waals surface area (Å²) < 4.78 is 5.27. The van der Waals surface area contributed by atoms with E-state index >= 15 is 0 Å². The first-order valence-corrected chi connectivity index (χ1v) is 6.81. The van der Waals surface area contributed by atoms with Crippen LogP contribution in [0.4, 0.5) is 5.69 Å². The Bertz CT molecular complexity index is 816. The van der Waals surface area contributed by atoms with Gasteiger partial charge in [0, 0.05) is 23.0 Å². The van der Waals surface area contributed by atoms with Gasteiger partial charge in [-0.3, -0.25) is 4.98 Å². The van der Waals surface area contributed by atoms with Gasteiger partial charge in [-0.1, -0.05) is 28.4 Å². The number of rotatable bonds is 2. The van der Waals surface area contributed by atoms with Crippen molar-refractivity contribution in [2.75, 3.05) is 5.73 Å². The fourth-order valence-electron chi connectivity index (χ4n) is 1.93. The fraction of sp³-hybridized carbons (Fsp3) is 0.0714. The smallest absolute Gasteiger partial charge is 0.260 e. The summed E-state index contributed by atoms with van der Waals surface area (Å²) in [4.78, 5) is 8.38. The lowest BCUT2D eigenvalue weighted by Crippen LogP contribution is -1.92. The van der Waals surface area contributed by atoms with E-state index in [2.05, 4.69) is 15.1 Å². The van der Waals surface area contributed by atoms with Gasteiger partial charge in [-0.25, -0.2) is 0 Å². The number of nitrogens with two attached hydrogens (primary N) is 1. The highest BCUT2D eigenvalue weighted by atomic mass is 35.5. The lowest BCUT2D eigenvalue weighted by atomic mass is 10.1. The molecule has 5 nitrogen and oxygen atoms in total. The molecule has 0 radical (unpaired) electrons. The zero-order chi connectivity index (χ0) is 15.0. The van der Waals surface area contributed by atoms with Crippen LogP contribution in [0.15, 0.2) is 35.1 Å². The van der Waals surface area contributed by atoms with Crippen molar-refractivity contribution in [2.24, 2.45) is 0 Å². The first-order valence-electron chi connectivity index (χ1n) is 6.06. The predicted molar refractivity (Wildman–Crippen MR) is 82.1 cm³/mol. The Hall–Kier alpha value is -2.11. The van der Waals surface area contributed by atoms with Gasteiger partial charge in [0.25, 0.3) is 5.89 Å². The highest BCUT2D eigenvalue weighted by Gasteiger charge is 2.16. The van der Waals surface area contributed by atoms with E-state index < -0.39 is 0 Å². The van der Waals surface area contributed by atoms with Crippen LogP contribution in [0.3, 0.4) is 0 Å². The van der Waals surface area contributed by atoms with E-state index in [0.29, 0.717) is 27.1 Å². The normalized spacial score (nSPS) is 10.8. The average molecular weight is 321 g/mol. The third kappa shape index (κ3) is 2.57. The van der Waals surface area contributed by atoms with Gasteiger partial charge in [-0.2, -0.15) is 4.98 Å². The maximum atomic E-state index is 6.01. The number of nitrogens with zero attached hydrogens (tertiary/aromatic N) is 3. The monoisotopic (exact) mass is 320 g/mol. The third-order valence-electron chi connectivity index (χ3n) is 3.01. The number of aryl methyl sites for hydroxylation is 1. The van der Waals surface area contributed by atoms with Crippen molar-refractivity contribution >= 4 is 28.9 Å². The topological polar surface area (TPSA) is 77.8 Å². The summed E-state index contributed by atoms with van der Waals surface area (Å²) in [7, 11) is 0. The van der Waals surface area contributed by atoms with E-state index in [4.69, 9.17) is 33.5 Å². The molecule has 2 heterocycles. The van der Waals surface area contributed by atoms with Crippen LogP contribution >= 0.6 is 23.2 Å². The SMILES string of the molecule is Cc1cnccc1-c1noc(-c2cc(Cl)cc(Cl)c2N)n1. The molecule has 0 amide bonds. The minimum absolute atomic E-state index is 0.267. The Labute approximate surface area is 130 Å². The van der Waals surface area contributed by atoms with Crippen molar-refractivity contribution in [1.29, 1.82) is 0 Å². The Morgan fingerprint density at radius 1 is 1.19 bits per heavy atom. The number of aromatic nitrogens is 3. The zero-order valence-electron chi connectivity index (χ0n) is 11.0. The standard InChI is InChI=1S/C14H10Cl2N4O/c1-7-6-18-3-2-9(7)13-19-14(21-20-13)10-4-8(15)5-11(16)12(10)17/h2-6H,17H2,1H3. The fourth-order valence-corrected chi connectivity index (χ4v) is 2.42. The highest BCUT2D eigenvalue weighted by Crippen LogP contribution is 2.34. The molecule has 0 unspecified atom stereocenters. The minimum atomic E-state index is 0.267. The van der Waals surface area contributed by atoms with Crippen molar-refractivity contribution in [3.8, 4) is 22.8 Å². The Balaban J connectivity index is 2.09. The van der Waals surface area contributed by atoms with Gasteiger partial charge in [-0.15, -0.1) is 0 Å². The van der Waals surface area contributed by atoms with Crippen LogP contribution in [0.25, 0.3) is 22.8 Å². The zero-order valence-corrected chi connectivity index (χ0v) is 12.5. The maximum Gasteiger partial charge on any atom is 0.260 e. The lowest BCUT2D eigenvalue weighted by molar-refractivity contribution is 0.432. The molecule has 0 saturated carbocycles. The quantitative estimate of drug-likeness (QED) is 0.722. The van der Waals surface area contributed by atoms with Gasteiger partial charge in [-0.05, 0) is 30.7 Å². The molecule has 21 heavy (non-hydrogen) atoms. The van der Waals surface area contributed by atoms with E-state index in [9.17, 15) is 0 Å². The first-order chi connectivity index (χ1) is 10.1. The Kier molecular flexibility index (Phi) is 3.53. The van der Waals surface area contributed by atoms with Crippen LogP contribution < -0.4 is 5.73 Å². The number of hydrogen-bond donors (Lipinski definition) is 1. The van der Waals surface area contributed by atoms with Crippen molar-refractivity contribution in [2.45, 2.75) is 6.92 Å². The summed E-state index contributed by atoms with van der Waals surface area (Å²) in [5, 5.41) is 4.76. The Morgan fingerprint density at radius 3 is 2.76 bits per heavy atom. The second-order valence-corrected chi connectivity index (χ2v) is 5.31. The second kappa shape index (κ2) is 5.35. The second-order valence-electron chi connectivity index (χ2n) is 4.46. The largest absolute Gasteiger partial charge is 0.397 e. The van der Waals surface area contributed by atoms with E-state index in [0.717, 1.165) is 11.1 Å². The summed E-state index contributed by atoms with van der Waals surface area (Å²) in [6.07, 6.45) is 3.40. The molecule has 1 aromatic carbocycles. The summed E-state index contributed by atoms with van der Waals surface area (Å²) >= 11 is 12.0. The van der Waals surface area contributed by atoms with Crippen LogP contribution in [0, 0.1) is 6.92 Å². The molecule has 106 valence electrons. The molecule has 0 bridgehead atoms. The van der Waals surface area contributed by atoms with Gasteiger partial charge in [0.05, 0.1) is 16.3 Å². The molecule has 0 aliphatic carbocycles. The molecule has 0 aliphatic heterocycles. The maximum absolute atomic E-state index is 6.01. The molecule has 0 saturated heterocycles. The van der Waals surface area contributed by atoms with Gasteiger partial charge >= 0.3 is 0 Å². The molecule has 0 spiro atoms. The molecule has 7 heteroatoms. The molecule has 3 aromatic rings. The highest BCUT2D eigenvalue weighted by molar-refractivity contribution is 6.37. The van der Waals surface area contributed by atoms with Crippen LogP contribution in [0.5, 0.6) is 0 Å². The molecule has 0 atom stereocenters. The van der Waals surface area contributed by atoms with Gasteiger partial charge in [0.15, 0.2) is 0 Å². The lowest BCUT2D eigenvalue weighted by Gasteiger charge is -2.03. The van der Waals surface area contributed by atoms with Gasteiger partial charge < -0.3 is 10.3 Å². The molecule has 3 rings (SSSR count). The number of hydrogen-bond acceptors (Lipinski definition) is 5. The van der Waals surface area contributed by atoms with Crippen molar-refractivity contribution in [1.82, 2.24) is 15.1 Å². The number of benzene rings is 1. The van der Waals surface area contributed by atoms with Crippen LogP contribution in [0.2, 0.25) is 10.0 Å². The van der Waals surface area contributed by atoms with Crippen LogP contribution in [-0.4, -0.2) is 15.1 Å².